The first-order valence-corrected chi connectivity index (χ1v) is 12.1. The molecule has 0 atom stereocenters. The first-order chi connectivity index (χ1) is 21.1. The summed E-state index contributed by atoms with van der Waals surface area (Å²) < 4.78 is 162. The molecule has 0 bridgehead atoms. The van der Waals surface area contributed by atoms with Crippen molar-refractivity contribution in [1.29, 1.82) is 10.5 Å². The molecule has 5 rings (SSSR count). The van der Waals surface area contributed by atoms with Crippen LogP contribution in [0, 0.1) is 22.7 Å². The van der Waals surface area contributed by atoms with E-state index in [1.165, 1.54) is 12.1 Å². The van der Waals surface area contributed by atoms with Crippen LogP contribution in [0.15, 0.2) is 42.5 Å². The monoisotopic (exact) mass is 657 g/mol. The maximum absolute atomic E-state index is 13.5. The first kappa shape index (κ1) is 32.0. The Morgan fingerprint density at radius 3 is 1.04 bits per heavy atom. The molecule has 2 aliphatic carbocycles. The number of ketones is 2. The molecule has 1 aromatic heterocycles. The number of Topliss-reactive ketones (excluding diaryl/α,β-unsaturated/α-hetero) is 2. The van der Waals surface area contributed by atoms with Crippen LogP contribution in [0.3, 0.4) is 0 Å². The van der Waals surface area contributed by atoms with Gasteiger partial charge in [-0.1, -0.05) is 6.07 Å². The normalized spacial score (nSPS) is 15.3. The van der Waals surface area contributed by atoms with E-state index in [1.807, 2.05) is 0 Å². The van der Waals surface area contributed by atoms with Crippen LogP contribution in [-0.4, -0.2) is 16.6 Å². The van der Waals surface area contributed by atoms with Gasteiger partial charge in [-0.2, -0.15) is 63.2 Å². The van der Waals surface area contributed by atoms with Crippen LogP contribution in [-0.2, 0) is 24.7 Å². The molecule has 17 heteroatoms. The molecule has 0 spiro atoms. The quantitative estimate of drug-likeness (QED) is 0.258. The van der Waals surface area contributed by atoms with Crippen molar-refractivity contribution in [2.24, 2.45) is 0 Å². The highest BCUT2D eigenvalue weighted by Crippen LogP contribution is 2.48. The number of halogens is 12. The smallest absolute Gasteiger partial charge is 0.288 e. The van der Waals surface area contributed by atoms with E-state index >= 15 is 0 Å². The zero-order valence-corrected chi connectivity index (χ0v) is 21.7. The van der Waals surface area contributed by atoms with Crippen LogP contribution in [0.2, 0.25) is 0 Å². The van der Waals surface area contributed by atoms with Gasteiger partial charge in [-0.25, -0.2) is 4.98 Å². The Bertz CT molecular complexity index is 1910. The molecule has 1 heterocycles. The third-order valence-electron chi connectivity index (χ3n) is 7.00. The first-order valence-electron chi connectivity index (χ1n) is 12.1. The van der Waals surface area contributed by atoms with E-state index in [9.17, 15) is 72.8 Å². The van der Waals surface area contributed by atoms with Crippen molar-refractivity contribution in [1.82, 2.24) is 4.98 Å². The summed E-state index contributed by atoms with van der Waals surface area (Å²) in [5, 5.41) is 19.4. The fraction of sp³-hybridized carbons (Fsp3) is 0.138. The van der Waals surface area contributed by atoms with Crippen LogP contribution >= 0.6 is 0 Å². The molecular weight excluding hydrogens is 650 g/mol. The van der Waals surface area contributed by atoms with Gasteiger partial charge in [0.05, 0.1) is 55.9 Å². The highest BCUT2D eigenvalue weighted by Gasteiger charge is 2.48. The standard InChI is InChI=1S/C29H7F12N3O2/c30-26(31,32)16-4-10-12(6-18(16)28(36,37)38)24(45)22(14(10)8-42)20-2-1-3-21(44-20)23-15(9-43)11-5-17(27(33,34)35)19(29(39,40)41)7-13(11)25(23)46/h1-7H. The minimum absolute atomic E-state index is 0.0324. The zero-order valence-electron chi connectivity index (χ0n) is 21.7. The Balaban J connectivity index is 1.70. The van der Waals surface area contributed by atoms with Crippen molar-refractivity contribution < 1.29 is 62.3 Å². The maximum Gasteiger partial charge on any atom is 0.417 e. The number of benzene rings is 2. The van der Waals surface area contributed by atoms with Crippen molar-refractivity contribution in [2.45, 2.75) is 24.7 Å². The highest BCUT2D eigenvalue weighted by molar-refractivity contribution is 6.42. The summed E-state index contributed by atoms with van der Waals surface area (Å²) in [5.74, 6) is -2.76. The molecule has 0 fully saturated rings. The third-order valence-corrected chi connectivity index (χ3v) is 7.00. The summed E-state index contributed by atoms with van der Waals surface area (Å²) in [6, 6.07) is 5.56. The Hall–Kier alpha value is -5.45. The number of fused-ring (bicyclic) bond motifs is 2. The number of rotatable bonds is 2. The molecule has 0 N–H and O–H groups in total. The Morgan fingerprint density at radius 1 is 0.500 bits per heavy atom. The molecule has 2 aliphatic rings. The molecule has 0 radical (unpaired) electrons. The number of nitriles is 2. The van der Waals surface area contributed by atoms with Gasteiger partial charge in [-0.15, -0.1) is 0 Å². The predicted molar refractivity (Wildman–Crippen MR) is 131 cm³/mol. The van der Waals surface area contributed by atoms with Crippen molar-refractivity contribution in [3.8, 4) is 12.1 Å². The number of pyridine rings is 1. The molecule has 46 heavy (non-hydrogen) atoms. The lowest BCUT2D eigenvalue weighted by atomic mass is 9.96. The third kappa shape index (κ3) is 4.97. The zero-order chi connectivity index (χ0) is 34.3. The lowest BCUT2D eigenvalue weighted by molar-refractivity contribution is -0.162. The molecule has 0 saturated heterocycles. The van der Waals surface area contributed by atoms with Gasteiger partial charge < -0.3 is 0 Å². The lowest BCUT2D eigenvalue weighted by Gasteiger charge is -2.17. The molecule has 0 saturated carbocycles. The number of carbonyl (C=O) groups is 2. The van der Waals surface area contributed by atoms with Gasteiger partial charge in [0, 0.05) is 22.3 Å². The van der Waals surface area contributed by atoms with E-state index in [1.54, 1.807) is 0 Å². The fourth-order valence-corrected chi connectivity index (χ4v) is 5.13. The molecule has 0 aliphatic heterocycles. The minimum atomic E-state index is -5.58. The summed E-state index contributed by atoms with van der Waals surface area (Å²) in [7, 11) is 0. The van der Waals surface area contributed by atoms with E-state index < -0.39 is 114 Å². The van der Waals surface area contributed by atoms with Gasteiger partial charge in [0.2, 0.25) is 0 Å². The number of allylic oxidation sites excluding steroid dienone is 4. The fourth-order valence-electron chi connectivity index (χ4n) is 5.13. The van der Waals surface area contributed by atoms with Crippen molar-refractivity contribution in [3.63, 3.8) is 0 Å². The molecular formula is C29H7F12N3O2. The second-order valence-corrected chi connectivity index (χ2v) is 9.67. The van der Waals surface area contributed by atoms with Crippen molar-refractivity contribution in [2.75, 3.05) is 0 Å². The molecule has 234 valence electrons. The summed E-state index contributed by atoms with van der Waals surface area (Å²) in [6.45, 7) is 0. The summed E-state index contributed by atoms with van der Waals surface area (Å²) in [5.41, 5.74) is -16.9. The van der Waals surface area contributed by atoms with Crippen molar-refractivity contribution >= 4 is 33.9 Å². The SMILES string of the molecule is N#CC1=C(c2cccc(C3=C(C#N)c4cc(C(F)(F)F)c(C(F)(F)F)cc4C3=O)n2)C(=O)c2cc(C(F)(F)F)c(C(F)(F)F)cc21. The Labute approximate surface area is 247 Å². The van der Waals surface area contributed by atoms with E-state index in [0.29, 0.717) is 0 Å². The van der Waals surface area contributed by atoms with Gasteiger partial charge in [-0.05, 0) is 36.4 Å². The Morgan fingerprint density at radius 2 is 0.783 bits per heavy atom. The Kier molecular flexibility index (Phi) is 6.97. The predicted octanol–water partition coefficient (Wildman–Crippen LogP) is 8.42. The summed E-state index contributed by atoms with van der Waals surface area (Å²) in [4.78, 5) is 30.4. The second kappa shape index (κ2) is 10.0. The molecule has 2 aromatic carbocycles. The topological polar surface area (TPSA) is 94.6 Å². The van der Waals surface area contributed by atoms with E-state index in [4.69, 9.17) is 0 Å². The second-order valence-electron chi connectivity index (χ2n) is 9.67. The van der Waals surface area contributed by atoms with Gasteiger partial charge in [0.1, 0.15) is 12.1 Å². The van der Waals surface area contributed by atoms with Gasteiger partial charge in [0.25, 0.3) is 0 Å². The molecule has 5 nitrogen and oxygen atoms in total. The average Bonchev–Trinajstić information content (AvgIpc) is 3.39. The van der Waals surface area contributed by atoms with E-state index in [0.717, 1.165) is 18.2 Å². The number of hydrogen-bond donors (Lipinski definition) is 0. The van der Waals surface area contributed by atoms with E-state index in [-0.39, 0.29) is 24.3 Å². The lowest BCUT2D eigenvalue weighted by Crippen LogP contribution is -2.18. The van der Waals surface area contributed by atoms with Crippen molar-refractivity contribution in [3.05, 3.63) is 98.4 Å². The van der Waals surface area contributed by atoms with E-state index in [2.05, 4.69) is 4.98 Å². The number of hydrogen-bond acceptors (Lipinski definition) is 5. The van der Waals surface area contributed by atoms with Gasteiger partial charge in [-0.3, -0.25) is 9.59 Å². The average molecular weight is 657 g/mol. The largest absolute Gasteiger partial charge is 0.417 e. The number of alkyl halides is 12. The summed E-state index contributed by atoms with van der Waals surface area (Å²) in [6.07, 6.45) is -22.3. The van der Waals surface area contributed by atoms with Crippen LogP contribution in [0.4, 0.5) is 52.7 Å². The van der Waals surface area contributed by atoms with Crippen LogP contribution in [0.1, 0.15) is 65.5 Å². The van der Waals surface area contributed by atoms with Crippen LogP contribution < -0.4 is 0 Å². The highest BCUT2D eigenvalue weighted by atomic mass is 19.4. The number of aromatic nitrogens is 1. The number of carbonyl (C=O) groups excluding carboxylic acids is 2. The molecule has 3 aromatic rings. The minimum Gasteiger partial charge on any atom is -0.288 e. The van der Waals surface area contributed by atoms with Crippen LogP contribution in [0.25, 0.3) is 22.3 Å². The molecule has 0 amide bonds. The maximum atomic E-state index is 13.5. The molecule has 0 unspecified atom stereocenters. The van der Waals surface area contributed by atoms with Gasteiger partial charge >= 0.3 is 24.7 Å². The van der Waals surface area contributed by atoms with Crippen LogP contribution in [0.5, 0.6) is 0 Å². The summed E-state index contributed by atoms with van der Waals surface area (Å²) >= 11 is 0. The van der Waals surface area contributed by atoms with Gasteiger partial charge in [0.15, 0.2) is 11.6 Å². The number of nitrogens with zero attached hydrogens (tertiary/aromatic N) is 3.